The number of hydrogen-bond donors (Lipinski definition) is 2. The standard InChI is InChI=1S/C8H9NO5S/c1-4-5(2)7(10)9-8(11)6(4)3-15(12,13)14/h2-3H2,1H3,(H,9,10,11)(H,12,13,14). The predicted octanol–water partition coefficient (Wildman–Crippen LogP) is -0.597. The third-order valence-electron chi connectivity index (χ3n) is 2.01. The summed E-state index contributed by atoms with van der Waals surface area (Å²) in [5.74, 6) is -2.30. The maximum Gasteiger partial charge on any atom is 0.269 e. The van der Waals surface area contributed by atoms with Crippen LogP contribution in [0.4, 0.5) is 0 Å². The third kappa shape index (κ3) is 2.51. The highest BCUT2D eigenvalue weighted by Crippen LogP contribution is 2.19. The van der Waals surface area contributed by atoms with E-state index in [4.69, 9.17) is 4.55 Å². The van der Waals surface area contributed by atoms with Crippen LogP contribution >= 0.6 is 0 Å². The summed E-state index contributed by atoms with van der Waals surface area (Å²) < 4.78 is 29.8. The van der Waals surface area contributed by atoms with E-state index in [0.29, 0.717) is 0 Å². The minimum Gasteiger partial charge on any atom is -0.288 e. The molecule has 0 aromatic rings. The second kappa shape index (κ2) is 3.59. The Morgan fingerprint density at radius 1 is 1.33 bits per heavy atom. The molecule has 0 saturated carbocycles. The molecule has 2 amide bonds. The highest BCUT2D eigenvalue weighted by Gasteiger charge is 2.28. The van der Waals surface area contributed by atoms with Gasteiger partial charge in [0.05, 0.1) is 0 Å². The fourth-order valence-electron chi connectivity index (χ4n) is 1.13. The van der Waals surface area contributed by atoms with E-state index in [1.54, 1.807) is 0 Å². The van der Waals surface area contributed by atoms with Crippen molar-refractivity contribution in [3.63, 3.8) is 0 Å². The lowest BCUT2D eigenvalue weighted by atomic mass is 9.99. The van der Waals surface area contributed by atoms with Crippen molar-refractivity contribution in [3.8, 4) is 0 Å². The van der Waals surface area contributed by atoms with Gasteiger partial charge in [0, 0.05) is 11.1 Å². The van der Waals surface area contributed by atoms with E-state index in [1.807, 2.05) is 5.32 Å². The van der Waals surface area contributed by atoms with Crippen LogP contribution in [0.5, 0.6) is 0 Å². The number of hydrogen-bond acceptors (Lipinski definition) is 4. The predicted molar refractivity (Wildman–Crippen MR) is 51.4 cm³/mol. The van der Waals surface area contributed by atoms with Crippen molar-refractivity contribution in [2.75, 3.05) is 5.75 Å². The number of carbonyl (C=O) groups excluding carboxylic acids is 2. The summed E-state index contributed by atoms with van der Waals surface area (Å²) in [6, 6.07) is 0. The Morgan fingerprint density at radius 3 is 2.33 bits per heavy atom. The van der Waals surface area contributed by atoms with Crippen LogP contribution in [-0.4, -0.2) is 30.5 Å². The fourth-order valence-corrected chi connectivity index (χ4v) is 1.85. The van der Waals surface area contributed by atoms with Crippen molar-refractivity contribution in [1.29, 1.82) is 0 Å². The van der Waals surface area contributed by atoms with Crippen LogP contribution in [0, 0.1) is 0 Å². The minimum absolute atomic E-state index is 0.0215. The van der Waals surface area contributed by atoms with Crippen molar-refractivity contribution >= 4 is 21.9 Å². The minimum atomic E-state index is -4.30. The molecule has 82 valence electrons. The second-order valence-corrected chi connectivity index (χ2v) is 4.54. The van der Waals surface area contributed by atoms with E-state index in [2.05, 4.69) is 6.58 Å². The average molecular weight is 231 g/mol. The van der Waals surface area contributed by atoms with Crippen molar-refractivity contribution in [2.24, 2.45) is 0 Å². The highest BCUT2D eigenvalue weighted by atomic mass is 32.2. The number of imide groups is 1. The Labute approximate surface area is 86.4 Å². The summed E-state index contributed by atoms with van der Waals surface area (Å²) in [5.41, 5.74) is 0.0386. The van der Waals surface area contributed by atoms with E-state index in [0.717, 1.165) is 0 Å². The van der Waals surface area contributed by atoms with Gasteiger partial charge < -0.3 is 0 Å². The SMILES string of the molecule is C=C1C(=O)NC(=O)C(CS(=O)(=O)O)=C1C. The molecule has 0 spiro atoms. The zero-order valence-electron chi connectivity index (χ0n) is 7.90. The van der Waals surface area contributed by atoms with E-state index < -0.39 is 27.7 Å². The number of carbonyl (C=O) groups is 2. The molecule has 6 nitrogen and oxygen atoms in total. The monoisotopic (exact) mass is 231 g/mol. The van der Waals surface area contributed by atoms with Gasteiger partial charge in [0.15, 0.2) is 0 Å². The Bertz CT molecular complexity index is 485. The zero-order chi connectivity index (χ0) is 11.8. The Morgan fingerprint density at radius 2 is 1.87 bits per heavy atom. The van der Waals surface area contributed by atoms with Crippen molar-refractivity contribution in [2.45, 2.75) is 6.92 Å². The van der Waals surface area contributed by atoms with Gasteiger partial charge in [0.1, 0.15) is 5.75 Å². The molecule has 0 saturated heterocycles. The summed E-state index contributed by atoms with van der Waals surface area (Å²) >= 11 is 0. The van der Waals surface area contributed by atoms with Crippen LogP contribution in [0.1, 0.15) is 6.92 Å². The molecule has 0 radical (unpaired) electrons. The summed E-state index contributed by atoms with van der Waals surface area (Å²) in [6.45, 7) is 4.79. The summed E-state index contributed by atoms with van der Waals surface area (Å²) in [6.07, 6.45) is 0. The third-order valence-corrected chi connectivity index (χ3v) is 2.66. The molecular formula is C8H9NO5S. The average Bonchev–Trinajstić information content (AvgIpc) is 2.07. The van der Waals surface area contributed by atoms with Crippen LogP contribution in [0.25, 0.3) is 0 Å². The van der Waals surface area contributed by atoms with Gasteiger partial charge in [0.2, 0.25) is 0 Å². The lowest BCUT2D eigenvalue weighted by Gasteiger charge is -2.17. The smallest absolute Gasteiger partial charge is 0.269 e. The van der Waals surface area contributed by atoms with Gasteiger partial charge in [-0.25, -0.2) is 0 Å². The molecule has 0 aromatic heterocycles. The van der Waals surface area contributed by atoms with E-state index in [9.17, 15) is 18.0 Å². The molecule has 0 fully saturated rings. The first-order chi connectivity index (χ1) is 6.72. The number of nitrogens with one attached hydrogen (secondary N) is 1. The first-order valence-electron chi connectivity index (χ1n) is 3.92. The number of amides is 2. The molecule has 1 aliphatic rings. The molecule has 0 atom stereocenters. The summed E-state index contributed by atoms with van der Waals surface area (Å²) in [7, 11) is -4.30. The van der Waals surface area contributed by atoms with Crippen molar-refractivity contribution in [1.82, 2.24) is 5.32 Å². The molecule has 7 heteroatoms. The molecule has 1 rings (SSSR count). The van der Waals surface area contributed by atoms with Crippen LogP contribution in [-0.2, 0) is 19.7 Å². The molecule has 2 N–H and O–H groups in total. The van der Waals surface area contributed by atoms with Crippen LogP contribution in [0.3, 0.4) is 0 Å². The fraction of sp³-hybridized carbons (Fsp3) is 0.250. The van der Waals surface area contributed by atoms with Crippen molar-refractivity contribution < 1.29 is 22.6 Å². The lowest BCUT2D eigenvalue weighted by molar-refractivity contribution is -0.126. The van der Waals surface area contributed by atoms with Gasteiger partial charge in [-0.15, -0.1) is 0 Å². The van der Waals surface area contributed by atoms with Gasteiger partial charge in [-0.05, 0) is 12.5 Å². The largest absolute Gasteiger partial charge is 0.288 e. The quantitative estimate of drug-likeness (QED) is 0.375. The van der Waals surface area contributed by atoms with Gasteiger partial charge in [-0.3, -0.25) is 19.5 Å². The second-order valence-electron chi connectivity index (χ2n) is 3.09. The maximum atomic E-state index is 11.2. The molecule has 0 unspecified atom stereocenters. The van der Waals surface area contributed by atoms with Gasteiger partial charge in [-0.2, -0.15) is 8.42 Å². The number of rotatable bonds is 2. The molecule has 0 aromatic carbocycles. The van der Waals surface area contributed by atoms with E-state index in [-0.39, 0.29) is 16.7 Å². The van der Waals surface area contributed by atoms with Gasteiger partial charge >= 0.3 is 0 Å². The Kier molecular flexibility index (Phi) is 2.78. The Balaban J connectivity index is 3.20. The first-order valence-corrected chi connectivity index (χ1v) is 5.53. The van der Waals surface area contributed by atoms with Crippen LogP contribution < -0.4 is 5.32 Å². The molecular weight excluding hydrogens is 222 g/mol. The van der Waals surface area contributed by atoms with Crippen LogP contribution in [0.2, 0.25) is 0 Å². The molecule has 15 heavy (non-hydrogen) atoms. The first kappa shape index (κ1) is 11.6. The summed E-state index contributed by atoms with van der Waals surface area (Å²) in [4.78, 5) is 22.3. The van der Waals surface area contributed by atoms with Crippen LogP contribution in [0.15, 0.2) is 23.3 Å². The topological polar surface area (TPSA) is 101 Å². The normalized spacial score (nSPS) is 18.1. The van der Waals surface area contributed by atoms with Crippen molar-refractivity contribution in [3.05, 3.63) is 23.3 Å². The lowest BCUT2D eigenvalue weighted by Crippen LogP contribution is -2.39. The highest BCUT2D eigenvalue weighted by molar-refractivity contribution is 7.86. The Hall–Kier alpha value is -1.47. The van der Waals surface area contributed by atoms with Gasteiger partial charge in [-0.1, -0.05) is 6.58 Å². The maximum absolute atomic E-state index is 11.2. The van der Waals surface area contributed by atoms with E-state index in [1.165, 1.54) is 6.92 Å². The molecule has 1 aliphatic heterocycles. The van der Waals surface area contributed by atoms with E-state index >= 15 is 0 Å². The summed E-state index contributed by atoms with van der Waals surface area (Å²) in [5, 5.41) is 1.92. The zero-order valence-corrected chi connectivity index (χ0v) is 8.72. The van der Waals surface area contributed by atoms with Gasteiger partial charge in [0.25, 0.3) is 21.9 Å². The molecule has 0 bridgehead atoms. The molecule has 1 heterocycles. The molecule has 0 aliphatic carbocycles.